The molecule has 1 atom stereocenters. The first kappa shape index (κ1) is 14.2. The van der Waals surface area contributed by atoms with E-state index in [1.807, 2.05) is 44.2 Å². The van der Waals surface area contributed by atoms with Crippen LogP contribution in [0.25, 0.3) is 0 Å². The van der Waals surface area contributed by atoms with E-state index in [9.17, 15) is 8.42 Å². The van der Waals surface area contributed by atoms with Crippen LogP contribution in [0, 0.1) is 0 Å². The average Bonchev–Trinajstić information content (AvgIpc) is 2.29. The van der Waals surface area contributed by atoms with Gasteiger partial charge in [0.2, 0.25) is 0 Å². The van der Waals surface area contributed by atoms with Crippen molar-refractivity contribution in [1.29, 1.82) is 0 Å². The van der Waals surface area contributed by atoms with E-state index in [1.54, 1.807) is 7.05 Å². The first-order valence-electron chi connectivity index (χ1n) is 5.73. The zero-order chi connectivity index (χ0) is 12.9. The predicted octanol–water partition coefficient (Wildman–Crippen LogP) is 1.75. The Hall–Kier alpha value is -0.910. The number of nitrogens with zero attached hydrogens (tertiary/aromatic N) is 1. The second kappa shape index (κ2) is 6.14. The summed E-state index contributed by atoms with van der Waals surface area (Å²) in [6, 6.07) is 9.49. The van der Waals surface area contributed by atoms with Gasteiger partial charge in [0, 0.05) is 19.6 Å². The Bertz CT molecular complexity index is 431. The molecule has 0 heterocycles. The molecule has 1 N–H and O–H groups in total. The zero-order valence-corrected chi connectivity index (χ0v) is 11.4. The van der Waals surface area contributed by atoms with Crippen LogP contribution in [0.15, 0.2) is 30.3 Å². The van der Waals surface area contributed by atoms with Gasteiger partial charge in [-0.25, -0.2) is 0 Å². The highest BCUT2D eigenvalue weighted by atomic mass is 32.2. The summed E-state index contributed by atoms with van der Waals surface area (Å²) < 4.78 is 27.8. The summed E-state index contributed by atoms with van der Waals surface area (Å²) in [7, 11) is -1.81. The lowest BCUT2D eigenvalue weighted by atomic mass is 10.2. The number of nitrogens with one attached hydrogen (secondary N) is 1. The molecule has 96 valence electrons. The summed E-state index contributed by atoms with van der Waals surface area (Å²) in [6.07, 6.45) is 0.776. The highest BCUT2D eigenvalue weighted by molar-refractivity contribution is 7.87. The van der Waals surface area contributed by atoms with Crippen LogP contribution in [-0.4, -0.2) is 25.8 Å². The Morgan fingerprint density at radius 3 is 2.41 bits per heavy atom. The summed E-state index contributed by atoms with van der Waals surface area (Å²) in [4.78, 5) is 0. The van der Waals surface area contributed by atoms with Crippen LogP contribution in [0.5, 0.6) is 0 Å². The molecule has 1 rings (SSSR count). The number of benzene rings is 1. The van der Waals surface area contributed by atoms with Crippen molar-refractivity contribution < 1.29 is 8.42 Å². The SMILES string of the molecule is CC[C@@H](C)NS(=O)(=O)N(C)Cc1ccccc1. The van der Waals surface area contributed by atoms with Crippen molar-refractivity contribution in [3.63, 3.8) is 0 Å². The van der Waals surface area contributed by atoms with Crippen LogP contribution in [0.3, 0.4) is 0 Å². The molecular formula is C12H20N2O2S. The molecule has 0 aromatic heterocycles. The smallest absolute Gasteiger partial charge is 0.199 e. The molecule has 0 saturated carbocycles. The lowest BCUT2D eigenvalue weighted by molar-refractivity contribution is 0.444. The topological polar surface area (TPSA) is 49.4 Å². The fourth-order valence-corrected chi connectivity index (χ4v) is 2.53. The molecule has 0 amide bonds. The molecule has 0 bridgehead atoms. The molecule has 0 unspecified atom stereocenters. The van der Waals surface area contributed by atoms with Gasteiger partial charge in [0.15, 0.2) is 0 Å². The van der Waals surface area contributed by atoms with Gasteiger partial charge in [-0.1, -0.05) is 37.3 Å². The maximum Gasteiger partial charge on any atom is 0.279 e. The van der Waals surface area contributed by atoms with Crippen LogP contribution >= 0.6 is 0 Å². The fraction of sp³-hybridized carbons (Fsp3) is 0.500. The molecular weight excluding hydrogens is 236 g/mol. The highest BCUT2D eigenvalue weighted by Gasteiger charge is 2.19. The zero-order valence-electron chi connectivity index (χ0n) is 10.6. The van der Waals surface area contributed by atoms with Crippen LogP contribution in [0.1, 0.15) is 25.8 Å². The van der Waals surface area contributed by atoms with E-state index in [4.69, 9.17) is 0 Å². The molecule has 0 radical (unpaired) electrons. The monoisotopic (exact) mass is 256 g/mol. The third-order valence-electron chi connectivity index (χ3n) is 2.62. The van der Waals surface area contributed by atoms with Gasteiger partial charge in [0.1, 0.15) is 0 Å². The van der Waals surface area contributed by atoms with E-state index in [2.05, 4.69) is 4.72 Å². The molecule has 0 spiro atoms. The van der Waals surface area contributed by atoms with Gasteiger partial charge in [-0.05, 0) is 18.9 Å². The third kappa shape index (κ3) is 4.46. The molecule has 0 fully saturated rings. The van der Waals surface area contributed by atoms with E-state index in [-0.39, 0.29) is 6.04 Å². The quantitative estimate of drug-likeness (QED) is 0.843. The van der Waals surface area contributed by atoms with Gasteiger partial charge in [-0.2, -0.15) is 17.4 Å². The Morgan fingerprint density at radius 1 is 1.29 bits per heavy atom. The van der Waals surface area contributed by atoms with E-state index in [1.165, 1.54) is 4.31 Å². The maximum atomic E-state index is 11.9. The Labute approximate surface area is 104 Å². The number of rotatable bonds is 6. The van der Waals surface area contributed by atoms with Gasteiger partial charge in [0.25, 0.3) is 10.2 Å². The van der Waals surface area contributed by atoms with Gasteiger partial charge < -0.3 is 0 Å². The van der Waals surface area contributed by atoms with Gasteiger partial charge >= 0.3 is 0 Å². The first-order chi connectivity index (χ1) is 7.95. The van der Waals surface area contributed by atoms with E-state index < -0.39 is 10.2 Å². The summed E-state index contributed by atoms with van der Waals surface area (Å²) >= 11 is 0. The normalized spacial score (nSPS) is 13.9. The van der Waals surface area contributed by atoms with Gasteiger partial charge in [-0.3, -0.25) is 0 Å². The molecule has 17 heavy (non-hydrogen) atoms. The number of hydrogen-bond acceptors (Lipinski definition) is 2. The van der Waals surface area contributed by atoms with Crippen LogP contribution in [-0.2, 0) is 16.8 Å². The summed E-state index contributed by atoms with van der Waals surface area (Å²) in [5.41, 5.74) is 0.976. The molecule has 1 aromatic rings. The van der Waals surface area contributed by atoms with E-state index in [0.717, 1.165) is 12.0 Å². The van der Waals surface area contributed by atoms with Crippen molar-refractivity contribution in [2.24, 2.45) is 0 Å². The van der Waals surface area contributed by atoms with E-state index in [0.29, 0.717) is 6.54 Å². The van der Waals surface area contributed by atoms with Crippen molar-refractivity contribution in [1.82, 2.24) is 9.03 Å². The van der Waals surface area contributed by atoms with Crippen molar-refractivity contribution in [3.05, 3.63) is 35.9 Å². The van der Waals surface area contributed by atoms with Gasteiger partial charge in [0.05, 0.1) is 0 Å². The molecule has 5 heteroatoms. The molecule has 1 aromatic carbocycles. The summed E-state index contributed by atoms with van der Waals surface area (Å²) in [5, 5.41) is 0. The van der Waals surface area contributed by atoms with Crippen LogP contribution in [0.4, 0.5) is 0 Å². The molecule has 0 aliphatic carbocycles. The second-order valence-electron chi connectivity index (χ2n) is 4.17. The predicted molar refractivity (Wildman–Crippen MR) is 69.7 cm³/mol. The van der Waals surface area contributed by atoms with Crippen molar-refractivity contribution in [3.8, 4) is 0 Å². The first-order valence-corrected chi connectivity index (χ1v) is 7.17. The molecule has 0 saturated heterocycles. The largest absolute Gasteiger partial charge is 0.279 e. The van der Waals surface area contributed by atoms with Gasteiger partial charge in [-0.15, -0.1) is 0 Å². The fourth-order valence-electron chi connectivity index (χ4n) is 1.35. The lowest BCUT2D eigenvalue weighted by Crippen LogP contribution is -2.41. The highest BCUT2D eigenvalue weighted by Crippen LogP contribution is 2.06. The minimum absolute atomic E-state index is 0.0433. The number of hydrogen-bond donors (Lipinski definition) is 1. The van der Waals surface area contributed by atoms with E-state index >= 15 is 0 Å². The minimum atomic E-state index is -3.39. The van der Waals surface area contributed by atoms with Crippen molar-refractivity contribution in [2.75, 3.05) is 7.05 Å². The Morgan fingerprint density at radius 2 is 1.88 bits per heavy atom. The van der Waals surface area contributed by atoms with Crippen molar-refractivity contribution >= 4 is 10.2 Å². The summed E-state index contributed by atoms with van der Waals surface area (Å²) in [6.45, 7) is 4.19. The lowest BCUT2D eigenvalue weighted by Gasteiger charge is -2.20. The second-order valence-corrected chi connectivity index (χ2v) is 5.98. The average molecular weight is 256 g/mol. The third-order valence-corrected chi connectivity index (χ3v) is 4.27. The van der Waals surface area contributed by atoms with Crippen molar-refractivity contribution in [2.45, 2.75) is 32.9 Å². The molecule has 0 aliphatic heterocycles. The Balaban J connectivity index is 2.67. The minimum Gasteiger partial charge on any atom is -0.199 e. The van der Waals surface area contributed by atoms with Crippen LogP contribution < -0.4 is 4.72 Å². The molecule has 4 nitrogen and oxygen atoms in total. The Kier molecular flexibility index (Phi) is 5.11. The molecule has 0 aliphatic rings. The van der Waals surface area contributed by atoms with Crippen LogP contribution in [0.2, 0.25) is 0 Å². The summed E-state index contributed by atoms with van der Waals surface area (Å²) in [5.74, 6) is 0. The standard InChI is InChI=1S/C12H20N2O2S/c1-4-11(2)13-17(15,16)14(3)10-12-8-6-5-7-9-12/h5-9,11,13H,4,10H2,1-3H3/t11-/m1/s1. The maximum absolute atomic E-state index is 11.9.